The van der Waals surface area contributed by atoms with Crippen LogP contribution >= 0.6 is 11.8 Å². The number of primary amides is 1. The van der Waals surface area contributed by atoms with Crippen molar-refractivity contribution in [2.75, 3.05) is 18.6 Å². The smallest absolute Gasteiger partial charge is 0.234 e. The van der Waals surface area contributed by atoms with E-state index in [-0.39, 0.29) is 11.9 Å². The minimum atomic E-state index is -0.249. The maximum absolute atomic E-state index is 10.7. The molecule has 66 valence electrons. The summed E-state index contributed by atoms with van der Waals surface area (Å²) in [6.45, 7) is 2.76. The second-order valence-electron chi connectivity index (χ2n) is 2.29. The Balaban J connectivity index is 3.60. The SMILES string of the molecule is CCNC(CCSC)C(N)=O. The first-order chi connectivity index (χ1) is 5.22. The van der Waals surface area contributed by atoms with Gasteiger partial charge in [0, 0.05) is 0 Å². The molecule has 0 spiro atoms. The topological polar surface area (TPSA) is 55.1 Å². The zero-order valence-electron chi connectivity index (χ0n) is 7.09. The number of hydrogen-bond donors (Lipinski definition) is 2. The summed E-state index contributed by atoms with van der Waals surface area (Å²) in [7, 11) is 0. The zero-order chi connectivity index (χ0) is 8.69. The number of likely N-dealkylation sites (N-methyl/N-ethyl adjacent to an activating group) is 1. The maximum Gasteiger partial charge on any atom is 0.234 e. The molecular formula is C7H16N2OS. The third kappa shape index (κ3) is 5.09. The number of thioether (sulfide) groups is 1. The Bertz CT molecular complexity index is 119. The van der Waals surface area contributed by atoms with Crippen LogP contribution in [0.3, 0.4) is 0 Å². The van der Waals surface area contributed by atoms with Gasteiger partial charge in [0.1, 0.15) is 0 Å². The molecule has 0 aliphatic carbocycles. The van der Waals surface area contributed by atoms with Crippen molar-refractivity contribution in [3.63, 3.8) is 0 Å². The summed E-state index contributed by atoms with van der Waals surface area (Å²) in [4.78, 5) is 10.7. The first-order valence-corrected chi connectivity index (χ1v) is 5.13. The molecule has 0 rings (SSSR count). The Kier molecular flexibility index (Phi) is 6.36. The van der Waals surface area contributed by atoms with Crippen molar-refractivity contribution in [2.45, 2.75) is 19.4 Å². The molecule has 1 amide bonds. The molecule has 11 heavy (non-hydrogen) atoms. The lowest BCUT2D eigenvalue weighted by atomic mass is 10.2. The zero-order valence-corrected chi connectivity index (χ0v) is 7.91. The molecule has 0 aromatic heterocycles. The van der Waals surface area contributed by atoms with Crippen molar-refractivity contribution in [2.24, 2.45) is 5.73 Å². The minimum absolute atomic E-state index is 0.146. The molecule has 0 heterocycles. The molecule has 0 aliphatic heterocycles. The third-order valence-electron chi connectivity index (χ3n) is 1.40. The normalized spacial score (nSPS) is 12.9. The Morgan fingerprint density at radius 1 is 1.73 bits per heavy atom. The summed E-state index contributed by atoms with van der Waals surface area (Å²) < 4.78 is 0. The fraction of sp³-hybridized carbons (Fsp3) is 0.857. The minimum Gasteiger partial charge on any atom is -0.368 e. The highest BCUT2D eigenvalue weighted by Crippen LogP contribution is 1.99. The highest BCUT2D eigenvalue weighted by atomic mass is 32.2. The van der Waals surface area contributed by atoms with E-state index in [1.165, 1.54) is 0 Å². The molecule has 4 heteroatoms. The number of carbonyl (C=O) groups excluding carboxylic acids is 1. The number of nitrogens with one attached hydrogen (secondary N) is 1. The van der Waals surface area contributed by atoms with Crippen molar-refractivity contribution in [1.29, 1.82) is 0 Å². The quantitative estimate of drug-likeness (QED) is 0.608. The van der Waals surface area contributed by atoms with Gasteiger partial charge in [0.05, 0.1) is 6.04 Å². The van der Waals surface area contributed by atoms with Gasteiger partial charge in [0.2, 0.25) is 5.91 Å². The average molecular weight is 176 g/mol. The predicted octanol–water partition coefficient (Wildman–Crippen LogP) is 0.203. The lowest BCUT2D eigenvalue weighted by molar-refractivity contribution is -0.120. The van der Waals surface area contributed by atoms with Gasteiger partial charge in [0.15, 0.2) is 0 Å². The van der Waals surface area contributed by atoms with Crippen molar-refractivity contribution in [3.05, 3.63) is 0 Å². The van der Waals surface area contributed by atoms with Crippen molar-refractivity contribution in [1.82, 2.24) is 5.32 Å². The van der Waals surface area contributed by atoms with Crippen LogP contribution in [0.2, 0.25) is 0 Å². The van der Waals surface area contributed by atoms with Crippen LogP contribution in [-0.2, 0) is 4.79 Å². The van der Waals surface area contributed by atoms with Gasteiger partial charge >= 0.3 is 0 Å². The number of carbonyl (C=O) groups is 1. The molecule has 0 saturated heterocycles. The summed E-state index contributed by atoms with van der Waals surface area (Å²) in [6, 6.07) is -0.146. The van der Waals surface area contributed by atoms with Crippen LogP contribution < -0.4 is 11.1 Å². The summed E-state index contributed by atoms with van der Waals surface area (Å²) >= 11 is 1.73. The fourth-order valence-corrected chi connectivity index (χ4v) is 1.30. The Labute approximate surface area is 72.1 Å². The van der Waals surface area contributed by atoms with Crippen LogP contribution in [0.4, 0.5) is 0 Å². The van der Waals surface area contributed by atoms with E-state index in [1.54, 1.807) is 11.8 Å². The number of hydrogen-bond acceptors (Lipinski definition) is 3. The summed E-state index contributed by atoms with van der Waals surface area (Å²) in [5.41, 5.74) is 5.15. The van der Waals surface area contributed by atoms with Gasteiger partial charge in [-0.3, -0.25) is 4.79 Å². The highest BCUT2D eigenvalue weighted by molar-refractivity contribution is 7.98. The molecule has 0 aliphatic rings. The molecule has 3 N–H and O–H groups in total. The maximum atomic E-state index is 10.7. The molecule has 3 nitrogen and oxygen atoms in total. The molecule has 0 fully saturated rings. The first kappa shape index (κ1) is 10.8. The molecule has 0 aromatic rings. The van der Waals surface area contributed by atoms with Crippen molar-refractivity contribution >= 4 is 17.7 Å². The number of rotatable bonds is 6. The van der Waals surface area contributed by atoms with Crippen molar-refractivity contribution in [3.8, 4) is 0 Å². The average Bonchev–Trinajstić information content (AvgIpc) is 1.97. The monoisotopic (exact) mass is 176 g/mol. The second-order valence-corrected chi connectivity index (χ2v) is 3.28. The number of nitrogens with two attached hydrogens (primary N) is 1. The Morgan fingerprint density at radius 2 is 2.36 bits per heavy atom. The van der Waals surface area contributed by atoms with Crippen LogP contribution in [0.25, 0.3) is 0 Å². The lowest BCUT2D eigenvalue weighted by Crippen LogP contribution is -2.41. The van der Waals surface area contributed by atoms with E-state index >= 15 is 0 Å². The third-order valence-corrected chi connectivity index (χ3v) is 2.05. The van der Waals surface area contributed by atoms with E-state index in [0.29, 0.717) is 0 Å². The van der Waals surface area contributed by atoms with Crippen molar-refractivity contribution < 1.29 is 4.79 Å². The van der Waals surface area contributed by atoms with Gasteiger partial charge in [-0.25, -0.2) is 0 Å². The lowest BCUT2D eigenvalue weighted by Gasteiger charge is -2.12. The van der Waals surface area contributed by atoms with E-state index in [2.05, 4.69) is 5.32 Å². The van der Waals surface area contributed by atoms with Crippen LogP contribution in [0.15, 0.2) is 0 Å². The molecule has 1 unspecified atom stereocenters. The van der Waals surface area contributed by atoms with Gasteiger partial charge in [-0.2, -0.15) is 11.8 Å². The second kappa shape index (κ2) is 6.49. The molecule has 0 radical (unpaired) electrons. The fourth-order valence-electron chi connectivity index (χ4n) is 0.827. The van der Waals surface area contributed by atoms with E-state index in [1.807, 2.05) is 13.2 Å². The van der Waals surface area contributed by atoms with Gasteiger partial charge < -0.3 is 11.1 Å². The van der Waals surface area contributed by atoms with Crippen LogP contribution in [0, 0.1) is 0 Å². The van der Waals surface area contributed by atoms with E-state index < -0.39 is 0 Å². The Morgan fingerprint density at radius 3 is 2.73 bits per heavy atom. The Hall–Kier alpha value is -0.220. The van der Waals surface area contributed by atoms with E-state index in [9.17, 15) is 4.79 Å². The van der Waals surface area contributed by atoms with Crippen LogP contribution in [-0.4, -0.2) is 30.5 Å². The summed E-state index contributed by atoms with van der Waals surface area (Å²) in [6.07, 6.45) is 2.84. The predicted molar refractivity (Wildman–Crippen MR) is 49.7 cm³/mol. The van der Waals surface area contributed by atoms with Gasteiger partial charge in [-0.05, 0) is 25.0 Å². The molecular weight excluding hydrogens is 160 g/mol. The van der Waals surface area contributed by atoms with Gasteiger partial charge in [-0.1, -0.05) is 6.92 Å². The highest BCUT2D eigenvalue weighted by Gasteiger charge is 2.11. The van der Waals surface area contributed by atoms with Gasteiger partial charge in [-0.15, -0.1) is 0 Å². The largest absolute Gasteiger partial charge is 0.368 e. The molecule has 0 bridgehead atoms. The molecule has 0 aromatic carbocycles. The molecule has 0 saturated carbocycles. The molecule has 1 atom stereocenters. The van der Waals surface area contributed by atoms with Gasteiger partial charge in [0.25, 0.3) is 0 Å². The summed E-state index contributed by atoms with van der Waals surface area (Å²) in [5, 5.41) is 3.03. The van der Waals surface area contributed by atoms with Crippen LogP contribution in [0.1, 0.15) is 13.3 Å². The number of amides is 1. The van der Waals surface area contributed by atoms with E-state index in [0.717, 1.165) is 18.7 Å². The first-order valence-electron chi connectivity index (χ1n) is 3.74. The standard InChI is InChI=1S/C7H16N2OS/c1-3-9-6(7(8)10)4-5-11-2/h6,9H,3-5H2,1-2H3,(H2,8,10). The van der Waals surface area contributed by atoms with E-state index in [4.69, 9.17) is 5.73 Å². The van der Waals surface area contributed by atoms with Crippen LogP contribution in [0.5, 0.6) is 0 Å². The summed E-state index contributed by atoms with van der Waals surface area (Å²) in [5.74, 6) is 0.724.